The van der Waals surface area contributed by atoms with Crippen LogP contribution < -0.4 is 10.6 Å². The first-order chi connectivity index (χ1) is 17.3. The number of para-hydroxylation sites is 1. The maximum absolute atomic E-state index is 14.8. The molecule has 1 aliphatic heterocycles. The lowest BCUT2D eigenvalue weighted by atomic mass is 10.0. The molecule has 36 heavy (non-hydrogen) atoms. The van der Waals surface area contributed by atoms with E-state index in [9.17, 15) is 14.3 Å². The number of benzene rings is 2. The van der Waals surface area contributed by atoms with E-state index in [0.29, 0.717) is 35.6 Å². The summed E-state index contributed by atoms with van der Waals surface area (Å²) in [7, 11) is 2.05. The molecule has 1 fully saturated rings. The molecule has 7 nitrogen and oxygen atoms in total. The smallest absolute Gasteiger partial charge is 0.355 e. The minimum Gasteiger partial charge on any atom is -0.507 e. The number of nitrogens with zero attached hydrogens (tertiary/aromatic N) is 5. The maximum Gasteiger partial charge on any atom is 0.355 e. The number of pyridine rings is 1. The average molecular weight is 508 g/mol. The zero-order valence-corrected chi connectivity index (χ0v) is 21.1. The molecule has 9 heteroatoms. The van der Waals surface area contributed by atoms with E-state index in [1.165, 1.54) is 22.8 Å². The van der Waals surface area contributed by atoms with Gasteiger partial charge >= 0.3 is 5.69 Å². The van der Waals surface area contributed by atoms with Gasteiger partial charge in [0.25, 0.3) is 0 Å². The molecule has 0 amide bonds. The van der Waals surface area contributed by atoms with E-state index in [1.807, 2.05) is 38.1 Å². The molecular formula is C27H27ClFN5O2. The molecule has 0 unspecified atom stereocenters. The number of likely N-dealkylation sites (N-methyl/N-ethyl adjacent to an activating group) is 1. The normalized spacial score (nSPS) is 14.7. The second-order valence-corrected chi connectivity index (χ2v) is 9.79. The highest BCUT2D eigenvalue weighted by molar-refractivity contribution is 6.34. The molecule has 3 heterocycles. The average Bonchev–Trinajstić information content (AvgIpc) is 2.85. The van der Waals surface area contributed by atoms with E-state index in [-0.39, 0.29) is 27.9 Å². The van der Waals surface area contributed by atoms with Gasteiger partial charge in [0.1, 0.15) is 17.4 Å². The van der Waals surface area contributed by atoms with Gasteiger partial charge in [0.05, 0.1) is 27.4 Å². The van der Waals surface area contributed by atoms with Crippen LogP contribution in [0.15, 0.2) is 53.3 Å². The van der Waals surface area contributed by atoms with Gasteiger partial charge < -0.3 is 14.9 Å². The van der Waals surface area contributed by atoms with Crippen molar-refractivity contribution in [3.05, 3.63) is 75.4 Å². The number of hydrogen-bond donors (Lipinski definition) is 1. The number of phenolic OH excluding ortho intramolecular Hbond substituents is 1. The van der Waals surface area contributed by atoms with Gasteiger partial charge in [-0.15, -0.1) is 0 Å². The van der Waals surface area contributed by atoms with Crippen molar-refractivity contribution in [1.82, 2.24) is 19.4 Å². The van der Waals surface area contributed by atoms with Crippen LogP contribution in [-0.4, -0.2) is 57.8 Å². The monoisotopic (exact) mass is 507 g/mol. The molecule has 0 atom stereocenters. The predicted octanol–water partition coefficient (Wildman–Crippen LogP) is 4.82. The summed E-state index contributed by atoms with van der Waals surface area (Å²) in [5.74, 6) is -0.315. The third-order valence-electron chi connectivity index (χ3n) is 6.63. The summed E-state index contributed by atoms with van der Waals surface area (Å²) in [4.78, 5) is 27.1. The van der Waals surface area contributed by atoms with Crippen molar-refractivity contribution in [2.75, 3.05) is 38.1 Å². The van der Waals surface area contributed by atoms with Crippen molar-refractivity contribution < 1.29 is 9.50 Å². The lowest BCUT2D eigenvalue weighted by Gasteiger charge is -2.33. The quantitative estimate of drug-likeness (QED) is 0.427. The molecule has 5 rings (SSSR count). The first-order valence-corrected chi connectivity index (χ1v) is 12.3. The van der Waals surface area contributed by atoms with E-state index in [2.05, 4.69) is 21.8 Å². The molecule has 186 valence electrons. The largest absolute Gasteiger partial charge is 0.507 e. The van der Waals surface area contributed by atoms with Crippen molar-refractivity contribution >= 4 is 28.5 Å². The molecule has 0 bridgehead atoms. The number of rotatable bonds is 4. The second-order valence-electron chi connectivity index (χ2n) is 9.38. The molecule has 1 aliphatic rings. The van der Waals surface area contributed by atoms with Gasteiger partial charge in [0.15, 0.2) is 5.65 Å². The van der Waals surface area contributed by atoms with Crippen LogP contribution in [0, 0.1) is 5.82 Å². The number of phenols is 1. The zero-order valence-electron chi connectivity index (χ0n) is 20.4. The fourth-order valence-corrected chi connectivity index (χ4v) is 4.93. The molecule has 0 aliphatic carbocycles. The fraction of sp³-hybridized carbons (Fsp3) is 0.296. The predicted molar refractivity (Wildman–Crippen MR) is 141 cm³/mol. The third-order valence-corrected chi connectivity index (χ3v) is 6.92. The van der Waals surface area contributed by atoms with Crippen LogP contribution in [0.5, 0.6) is 5.75 Å². The van der Waals surface area contributed by atoms with E-state index in [1.54, 1.807) is 6.07 Å². The van der Waals surface area contributed by atoms with Crippen LogP contribution in [0.25, 0.3) is 28.0 Å². The summed E-state index contributed by atoms with van der Waals surface area (Å²) in [5.41, 5.74) is 1.37. The first-order valence-electron chi connectivity index (χ1n) is 11.9. The number of aromatic hydroxyl groups is 1. The first kappa shape index (κ1) is 24.2. The van der Waals surface area contributed by atoms with Crippen LogP contribution in [-0.2, 0) is 0 Å². The summed E-state index contributed by atoms with van der Waals surface area (Å²) in [6.07, 6.45) is 0. The van der Waals surface area contributed by atoms with Crippen molar-refractivity contribution in [2.24, 2.45) is 0 Å². The summed E-state index contributed by atoms with van der Waals surface area (Å²) < 4.78 is 16.3. The standard InChI is InChI=1S/C27H27ClFN5O2/c1-16(2)17-7-4-5-9-21(17)34-26-18(25(31-27(34)36)33-13-11-32(3)12-14-33)15-19(28)24(30-26)23-20(29)8-6-10-22(23)35/h4-10,15-16,35H,11-14H2,1-3H3. The summed E-state index contributed by atoms with van der Waals surface area (Å²) in [6, 6.07) is 13.3. The van der Waals surface area contributed by atoms with Gasteiger partial charge in [-0.25, -0.2) is 18.7 Å². The number of aromatic nitrogens is 3. The minimum absolute atomic E-state index is 0.0606. The SMILES string of the molecule is CC(C)c1ccccc1-n1c(=O)nc(N2CCN(C)CC2)c2cc(Cl)c(-c3c(O)cccc3F)nc21. The van der Waals surface area contributed by atoms with Crippen LogP contribution in [0.2, 0.25) is 5.02 Å². The van der Waals surface area contributed by atoms with Gasteiger partial charge in [-0.2, -0.15) is 4.98 Å². The van der Waals surface area contributed by atoms with E-state index in [4.69, 9.17) is 16.6 Å². The summed E-state index contributed by atoms with van der Waals surface area (Å²) in [6.45, 7) is 7.13. The Kier molecular flexibility index (Phi) is 6.40. The van der Waals surface area contributed by atoms with E-state index < -0.39 is 11.5 Å². The Morgan fingerprint density at radius 2 is 1.75 bits per heavy atom. The topological polar surface area (TPSA) is 74.5 Å². The number of hydrogen-bond acceptors (Lipinski definition) is 6. The lowest BCUT2D eigenvalue weighted by molar-refractivity contribution is 0.312. The van der Waals surface area contributed by atoms with Crippen LogP contribution in [0.1, 0.15) is 25.3 Å². The van der Waals surface area contributed by atoms with Gasteiger partial charge in [-0.3, -0.25) is 0 Å². The molecule has 1 N–H and O–H groups in total. The Labute approximate surface area is 213 Å². The Morgan fingerprint density at radius 3 is 2.44 bits per heavy atom. The van der Waals surface area contributed by atoms with Gasteiger partial charge in [0.2, 0.25) is 0 Å². The Bertz CT molecular complexity index is 1490. The van der Waals surface area contributed by atoms with Gasteiger partial charge in [-0.05, 0) is 42.8 Å². The number of piperazine rings is 1. The van der Waals surface area contributed by atoms with Crippen LogP contribution in [0.3, 0.4) is 0 Å². The second kappa shape index (κ2) is 9.52. The molecule has 1 saturated heterocycles. The highest BCUT2D eigenvalue weighted by atomic mass is 35.5. The van der Waals surface area contributed by atoms with Crippen LogP contribution in [0.4, 0.5) is 10.2 Å². The third kappa shape index (κ3) is 4.20. The van der Waals surface area contributed by atoms with Crippen molar-refractivity contribution in [2.45, 2.75) is 19.8 Å². The van der Waals surface area contributed by atoms with Crippen molar-refractivity contribution in [1.29, 1.82) is 0 Å². The molecule has 4 aromatic rings. The molecule has 0 saturated carbocycles. The molecule has 0 spiro atoms. The maximum atomic E-state index is 14.8. The summed E-state index contributed by atoms with van der Waals surface area (Å²) >= 11 is 6.65. The van der Waals surface area contributed by atoms with Crippen LogP contribution >= 0.6 is 11.6 Å². The Morgan fingerprint density at radius 1 is 1.03 bits per heavy atom. The van der Waals surface area contributed by atoms with Gasteiger partial charge in [0, 0.05) is 26.2 Å². The Balaban J connectivity index is 1.86. The zero-order chi connectivity index (χ0) is 25.6. The fourth-order valence-electron chi connectivity index (χ4n) is 4.68. The van der Waals surface area contributed by atoms with Gasteiger partial charge in [-0.1, -0.05) is 49.7 Å². The van der Waals surface area contributed by atoms with E-state index >= 15 is 0 Å². The molecule has 0 radical (unpaired) electrons. The number of fused-ring (bicyclic) bond motifs is 1. The molecule has 2 aromatic heterocycles. The minimum atomic E-state index is -0.659. The van der Waals surface area contributed by atoms with E-state index in [0.717, 1.165) is 18.7 Å². The summed E-state index contributed by atoms with van der Waals surface area (Å²) in [5, 5.41) is 11.2. The molecular weight excluding hydrogens is 481 g/mol. The van der Waals surface area contributed by atoms with Crippen molar-refractivity contribution in [3.63, 3.8) is 0 Å². The molecule has 2 aromatic carbocycles. The highest BCUT2D eigenvalue weighted by Crippen LogP contribution is 2.38. The number of halogens is 2. The Hall–Kier alpha value is -3.49. The highest BCUT2D eigenvalue weighted by Gasteiger charge is 2.25. The number of anilines is 1. The van der Waals surface area contributed by atoms with Crippen molar-refractivity contribution in [3.8, 4) is 22.7 Å². The lowest BCUT2D eigenvalue weighted by Crippen LogP contribution is -2.45.